The third-order valence-corrected chi connectivity index (χ3v) is 4.29. The van der Waals surface area contributed by atoms with Gasteiger partial charge in [-0.3, -0.25) is 4.79 Å². The zero-order valence-electron chi connectivity index (χ0n) is 12.1. The van der Waals surface area contributed by atoms with E-state index in [0.29, 0.717) is 19.5 Å². The number of likely N-dealkylation sites (tertiary alicyclic amines) is 1. The number of ether oxygens (including phenoxy) is 1. The van der Waals surface area contributed by atoms with Gasteiger partial charge in [0.15, 0.2) is 0 Å². The molecule has 0 saturated carbocycles. The van der Waals surface area contributed by atoms with Gasteiger partial charge >= 0.3 is 12.0 Å². The predicted molar refractivity (Wildman–Crippen MR) is 73.5 cm³/mol. The van der Waals surface area contributed by atoms with Crippen molar-refractivity contribution in [1.29, 1.82) is 0 Å². The third kappa shape index (κ3) is 3.62. The Labute approximate surface area is 119 Å². The highest BCUT2D eigenvalue weighted by atomic mass is 16.5. The fraction of sp³-hybridized carbons (Fsp3) is 0.857. The van der Waals surface area contributed by atoms with Crippen molar-refractivity contribution in [1.82, 2.24) is 10.2 Å². The van der Waals surface area contributed by atoms with E-state index in [-0.39, 0.29) is 18.7 Å². The van der Waals surface area contributed by atoms with Crippen LogP contribution < -0.4 is 5.32 Å². The number of urea groups is 1. The molecule has 2 aliphatic heterocycles. The van der Waals surface area contributed by atoms with E-state index in [1.54, 1.807) is 11.8 Å². The maximum absolute atomic E-state index is 12.0. The highest BCUT2D eigenvalue weighted by Crippen LogP contribution is 2.29. The van der Waals surface area contributed by atoms with Crippen molar-refractivity contribution in [2.75, 3.05) is 26.2 Å². The summed E-state index contributed by atoms with van der Waals surface area (Å²) >= 11 is 0. The van der Waals surface area contributed by atoms with E-state index in [4.69, 9.17) is 9.84 Å². The fourth-order valence-electron chi connectivity index (χ4n) is 2.80. The lowest BCUT2D eigenvalue weighted by Gasteiger charge is -2.24. The molecular weight excluding hydrogens is 260 g/mol. The molecule has 2 fully saturated rings. The van der Waals surface area contributed by atoms with Crippen molar-refractivity contribution in [2.45, 2.75) is 45.1 Å². The highest BCUT2D eigenvalue weighted by molar-refractivity contribution is 5.79. The van der Waals surface area contributed by atoms with Crippen LogP contribution in [0.2, 0.25) is 0 Å². The lowest BCUT2D eigenvalue weighted by atomic mass is 9.90. The smallest absolute Gasteiger partial charge is 0.317 e. The van der Waals surface area contributed by atoms with Crippen molar-refractivity contribution in [3.05, 3.63) is 0 Å². The molecule has 2 saturated heterocycles. The monoisotopic (exact) mass is 284 g/mol. The zero-order valence-corrected chi connectivity index (χ0v) is 12.1. The molecular formula is C14H24N2O4. The Balaban J connectivity index is 1.69. The first-order chi connectivity index (χ1) is 9.51. The summed E-state index contributed by atoms with van der Waals surface area (Å²) in [7, 11) is 0. The van der Waals surface area contributed by atoms with Gasteiger partial charge in [0.1, 0.15) is 0 Å². The van der Waals surface area contributed by atoms with E-state index in [0.717, 1.165) is 25.9 Å². The molecule has 0 aromatic rings. The molecule has 0 bridgehead atoms. The van der Waals surface area contributed by atoms with Gasteiger partial charge in [0.25, 0.3) is 0 Å². The molecule has 6 heteroatoms. The van der Waals surface area contributed by atoms with Gasteiger partial charge in [-0.1, -0.05) is 0 Å². The molecule has 0 aromatic heterocycles. The van der Waals surface area contributed by atoms with Crippen LogP contribution in [0.4, 0.5) is 4.79 Å². The number of carboxylic acids is 1. The molecule has 114 valence electrons. The summed E-state index contributed by atoms with van der Waals surface area (Å²) in [6, 6.07) is -0.161. The Morgan fingerprint density at radius 1 is 1.45 bits per heavy atom. The van der Waals surface area contributed by atoms with E-state index < -0.39 is 11.4 Å². The summed E-state index contributed by atoms with van der Waals surface area (Å²) in [5.74, 6) is -0.830. The second-order valence-electron chi connectivity index (χ2n) is 6.05. The Morgan fingerprint density at radius 2 is 2.25 bits per heavy atom. The van der Waals surface area contributed by atoms with Crippen molar-refractivity contribution in [3.8, 4) is 0 Å². The maximum Gasteiger partial charge on any atom is 0.317 e. The minimum Gasteiger partial charge on any atom is -0.481 e. The standard InChI is InChI=1S/C14H24N2O4/c1-14(12(17)18)6-8-16(10-14)13(19)15-7-5-11-4-2-3-9-20-11/h11H,2-10H2,1H3,(H,15,19)(H,17,18). The van der Waals surface area contributed by atoms with Gasteiger partial charge in [0, 0.05) is 26.2 Å². The first-order valence-electron chi connectivity index (χ1n) is 7.39. The number of aliphatic carboxylic acids is 1. The quantitative estimate of drug-likeness (QED) is 0.819. The molecule has 2 heterocycles. The summed E-state index contributed by atoms with van der Waals surface area (Å²) in [6.45, 7) is 3.90. The van der Waals surface area contributed by atoms with Crippen molar-refractivity contribution in [2.24, 2.45) is 5.41 Å². The number of nitrogens with zero attached hydrogens (tertiary/aromatic N) is 1. The zero-order chi connectivity index (χ0) is 14.6. The van der Waals surface area contributed by atoms with Crippen molar-refractivity contribution >= 4 is 12.0 Å². The number of carboxylic acid groups (broad SMARTS) is 1. The fourth-order valence-corrected chi connectivity index (χ4v) is 2.80. The normalized spacial score (nSPS) is 30.2. The summed E-state index contributed by atoms with van der Waals surface area (Å²) in [6.07, 6.45) is 4.99. The van der Waals surface area contributed by atoms with E-state index in [2.05, 4.69) is 5.32 Å². The van der Waals surface area contributed by atoms with Crippen LogP contribution >= 0.6 is 0 Å². The summed E-state index contributed by atoms with van der Waals surface area (Å²) in [5.41, 5.74) is -0.802. The van der Waals surface area contributed by atoms with Crippen molar-refractivity contribution < 1.29 is 19.4 Å². The second-order valence-corrected chi connectivity index (χ2v) is 6.05. The first kappa shape index (κ1) is 15.1. The Kier molecular flexibility index (Phi) is 4.86. The average Bonchev–Trinajstić information content (AvgIpc) is 2.84. The van der Waals surface area contributed by atoms with Crippen LogP contribution in [0.5, 0.6) is 0 Å². The van der Waals surface area contributed by atoms with Gasteiger partial charge in [0.2, 0.25) is 0 Å². The summed E-state index contributed by atoms with van der Waals surface area (Å²) < 4.78 is 5.61. The molecule has 0 aromatic carbocycles. The molecule has 0 spiro atoms. The van der Waals surface area contributed by atoms with Gasteiger partial charge in [-0.2, -0.15) is 0 Å². The van der Waals surface area contributed by atoms with Crippen LogP contribution in [0, 0.1) is 5.41 Å². The van der Waals surface area contributed by atoms with Crippen molar-refractivity contribution in [3.63, 3.8) is 0 Å². The Hall–Kier alpha value is -1.30. The Bertz CT molecular complexity index is 368. The predicted octanol–water partition coefficient (Wildman–Crippen LogP) is 1.45. The molecule has 6 nitrogen and oxygen atoms in total. The van der Waals surface area contributed by atoms with Gasteiger partial charge < -0.3 is 20.1 Å². The number of amides is 2. The molecule has 0 aliphatic carbocycles. The van der Waals surface area contributed by atoms with Crippen LogP contribution in [0.1, 0.15) is 39.0 Å². The van der Waals surface area contributed by atoms with Gasteiger partial charge in [0.05, 0.1) is 11.5 Å². The van der Waals surface area contributed by atoms with Gasteiger partial charge in [-0.15, -0.1) is 0 Å². The van der Waals surface area contributed by atoms with Crippen LogP contribution in [0.15, 0.2) is 0 Å². The molecule has 2 rings (SSSR count). The maximum atomic E-state index is 12.0. The number of carbonyl (C=O) groups is 2. The Morgan fingerprint density at radius 3 is 2.85 bits per heavy atom. The molecule has 2 aliphatic rings. The van der Waals surface area contributed by atoms with Gasteiger partial charge in [-0.25, -0.2) is 4.79 Å². The molecule has 20 heavy (non-hydrogen) atoms. The number of hydrogen-bond donors (Lipinski definition) is 2. The third-order valence-electron chi connectivity index (χ3n) is 4.29. The van der Waals surface area contributed by atoms with E-state index in [1.807, 2.05) is 0 Å². The number of rotatable bonds is 4. The topological polar surface area (TPSA) is 78.9 Å². The largest absolute Gasteiger partial charge is 0.481 e. The first-order valence-corrected chi connectivity index (χ1v) is 7.39. The number of carbonyl (C=O) groups excluding carboxylic acids is 1. The van der Waals surface area contributed by atoms with Crippen LogP contribution in [0.25, 0.3) is 0 Å². The van der Waals surface area contributed by atoms with Crippen LogP contribution in [-0.4, -0.2) is 54.4 Å². The molecule has 2 unspecified atom stereocenters. The molecule has 2 N–H and O–H groups in total. The lowest BCUT2D eigenvalue weighted by Crippen LogP contribution is -2.41. The minimum absolute atomic E-state index is 0.161. The number of nitrogens with one attached hydrogen (secondary N) is 1. The number of hydrogen-bond acceptors (Lipinski definition) is 3. The minimum atomic E-state index is -0.830. The average molecular weight is 284 g/mol. The van der Waals surface area contributed by atoms with E-state index in [1.165, 1.54) is 6.42 Å². The summed E-state index contributed by atoms with van der Waals surface area (Å²) in [4.78, 5) is 24.7. The van der Waals surface area contributed by atoms with Crippen LogP contribution in [0.3, 0.4) is 0 Å². The van der Waals surface area contributed by atoms with Crippen LogP contribution in [-0.2, 0) is 9.53 Å². The second kappa shape index (κ2) is 6.43. The molecule has 2 amide bonds. The van der Waals surface area contributed by atoms with Gasteiger partial charge in [-0.05, 0) is 39.0 Å². The van der Waals surface area contributed by atoms with E-state index >= 15 is 0 Å². The molecule has 2 atom stereocenters. The SMILES string of the molecule is CC1(C(=O)O)CCN(C(=O)NCCC2CCCCO2)C1. The molecule has 0 radical (unpaired) electrons. The highest BCUT2D eigenvalue weighted by Gasteiger charge is 2.42. The summed E-state index contributed by atoms with van der Waals surface area (Å²) in [5, 5.41) is 12.0. The lowest BCUT2D eigenvalue weighted by molar-refractivity contribution is -0.146. The van der Waals surface area contributed by atoms with E-state index in [9.17, 15) is 9.59 Å².